The molecule has 1 atom stereocenters. The zero-order chi connectivity index (χ0) is 15.3. The molecule has 2 N–H and O–H groups in total. The highest BCUT2D eigenvalue weighted by molar-refractivity contribution is 5.85. The summed E-state index contributed by atoms with van der Waals surface area (Å²) in [7, 11) is 0. The van der Waals surface area contributed by atoms with Gasteiger partial charge >= 0.3 is 0 Å². The lowest BCUT2D eigenvalue weighted by Crippen LogP contribution is -2.32. The fourth-order valence-corrected chi connectivity index (χ4v) is 2.74. The van der Waals surface area contributed by atoms with Gasteiger partial charge in [0.1, 0.15) is 0 Å². The Balaban J connectivity index is 0.00000242. The number of rotatable bonds is 5. The molecule has 124 valence electrons. The average molecular weight is 325 g/mol. The van der Waals surface area contributed by atoms with Crippen LogP contribution in [0, 0.1) is 0 Å². The van der Waals surface area contributed by atoms with Crippen LogP contribution in [0.2, 0.25) is 0 Å². The van der Waals surface area contributed by atoms with E-state index in [1.807, 2.05) is 0 Å². The molecule has 3 nitrogen and oxygen atoms in total. The Bertz CT molecular complexity index is 459. The molecule has 1 aromatic rings. The van der Waals surface area contributed by atoms with Crippen LogP contribution in [0.25, 0.3) is 0 Å². The van der Waals surface area contributed by atoms with E-state index < -0.39 is 0 Å². The van der Waals surface area contributed by atoms with Gasteiger partial charge in [0.25, 0.3) is 0 Å². The number of nitrogens with one attached hydrogen (secondary N) is 2. The molecule has 1 aromatic carbocycles. The van der Waals surface area contributed by atoms with Crippen molar-refractivity contribution in [3.8, 4) is 0 Å². The summed E-state index contributed by atoms with van der Waals surface area (Å²) in [6, 6.07) is 9.12. The van der Waals surface area contributed by atoms with Gasteiger partial charge < -0.3 is 10.6 Å². The highest BCUT2D eigenvalue weighted by atomic mass is 35.5. The minimum atomic E-state index is 0. The van der Waals surface area contributed by atoms with Crippen molar-refractivity contribution in [1.82, 2.24) is 10.6 Å². The van der Waals surface area contributed by atoms with E-state index in [9.17, 15) is 4.79 Å². The van der Waals surface area contributed by atoms with Crippen molar-refractivity contribution in [3.63, 3.8) is 0 Å². The Kier molecular flexibility index (Phi) is 7.37. The van der Waals surface area contributed by atoms with Crippen molar-refractivity contribution in [3.05, 3.63) is 35.4 Å². The molecule has 0 bridgehead atoms. The first-order valence-corrected chi connectivity index (χ1v) is 8.04. The van der Waals surface area contributed by atoms with Crippen LogP contribution >= 0.6 is 12.4 Å². The molecule has 1 unspecified atom stereocenters. The van der Waals surface area contributed by atoms with Crippen molar-refractivity contribution >= 4 is 18.3 Å². The van der Waals surface area contributed by atoms with Gasteiger partial charge in [0.2, 0.25) is 5.91 Å². The molecule has 1 saturated heterocycles. The molecule has 4 heteroatoms. The normalized spacial score (nSPS) is 17.9. The highest BCUT2D eigenvalue weighted by Crippen LogP contribution is 2.22. The maximum atomic E-state index is 11.8. The van der Waals surface area contributed by atoms with Gasteiger partial charge in [-0.1, -0.05) is 45.0 Å². The Morgan fingerprint density at radius 3 is 2.50 bits per heavy atom. The molecule has 0 spiro atoms. The maximum absolute atomic E-state index is 11.8. The van der Waals surface area contributed by atoms with Gasteiger partial charge in [-0.3, -0.25) is 4.79 Å². The fourth-order valence-electron chi connectivity index (χ4n) is 2.74. The van der Waals surface area contributed by atoms with Crippen molar-refractivity contribution in [2.75, 3.05) is 13.1 Å². The van der Waals surface area contributed by atoms with Crippen LogP contribution in [0.5, 0.6) is 0 Å². The van der Waals surface area contributed by atoms with E-state index in [1.165, 1.54) is 17.5 Å². The molecule has 1 aliphatic rings. The monoisotopic (exact) mass is 324 g/mol. The molecule has 0 saturated carbocycles. The SMILES string of the molecule is CC(C)(C)c1ccc(CCNC(=O)CC2CCCN2)cc1.Cl. The lowest BCUT2D eigenvalue weighted by Gasteiger charge is -2.19. The Hall–Kier alpha value is -1.06. The third kappa shape index (κ3) is 5.98. The minimum Gasteiger partial charge on any atom is -0.356 e. The second-order valence-corrected chi connectivity index (χ2v) is 7.04. The van der Waals surface area contributed by atoms with Crippen LogP contribution in [0.4, 0.5) is 0 Å². The van der Waals surface area contributed by atoms with Crippen molar-refractivity contribution < 1.29 is 4.79 Å². The van der Waals surface area contributed by atoms with Gasteiger partial charge in [-0.25, -0.2) is 0 Å². The van der Waals surface area contributed by atoms with Crippen LogP contribution in [0.15, 0.2) is 24.3 Å². The summed E-state index contributed by atoms with van der Waals surface area (Å²) in [4.78, 5) is 11.8. The molecule has 1 amide bonds. The van der Waals surface area contributed by atoms with Crippen LogP contribution in [-0.2, 0) is 16.6 Å². The zero-order valence-electron chi connectivity index (χ0n) is 13.9. The average Bonchev–Trinajstić information content (AvgIpc) is 2.91. The summed E-state index contributed by atoms with van der Waals surface area (Å²) >= 11 is 0. The van der Waals surface area contributed by atoms with Gasteiger partial charge in [0.15, 0.2) is 0 Å². The fraction of sp³-hybridized carbons (Fsp3) is 0.611. The van der Waals surface area contributed by atoms with Crippen LogP contribution < -0.4 is 10.6 Å². The van der Waals surface area contributed by atoms with Crippen LogP contribution in [-0.4, -0.2) is 25.0 Å². The summed E-state index contributed by atoms with van der Waals surface area (Å²) in [6.07, 6.45) is 3.83. The molecule has 22 heavy (non-hydrogen) atoms. The molecule has 1 fully saturated rings. The van der Waals surface area contributed by atoms with Gasteiger partial charge in [-0.2, -0.15) is 0 Å². The first-order valence-electron chi connectivity index (χ1n) is 8.04. The van der Waals surface area contributed by atoms with E-state index in [2.05, 4.69) is 55.7 Å². The van der Waals surface area contributed by atoms with Crippen molar-refractivity contribution in [2.45, 2.75) is 57.9 Å². The highest BCUT2D eigenvalue weighted by Gasteiger charge is 2.17. The lowest BCUT2D eigenvalue weighted by molar-refractivity contribution is -0.121. The molecule has 0 radical (unpaired) electrons. The standard InChI is InChI=1S/C18H28N2O.ClH/c1-18(2,3)15-8-6-14(7-9-15)10-12-20-17(21)13-16-5-4-11-19-16;/h6-9,16,19H,4-5,10-13H2,1-3H3,(H,20,21);1H. The summed E-state index contributed by atoms with van der Waals surface area (Å²) in [5.74, 6) is 0.167. The predicted molar refractivity (Wildman–Crippen MR) is 94.7 cm³/mol. The zero-order valence-corrected chi connectivity index (χ0v) is 14.8. The molecule has 1 heterocycles. The van der Waals surface area contributed by atoms with E-state index in [4.69, 9.17) is 0 Å². The van der Waals surface area contributed by atoms with E-state index in [0.717, 1.165) is 25.9 Å². The summed E-state index contributed by atoms with van der Waals surface area (Å²) < 4.78 is 0. The largest absolute Gasteiger partial charge is 0.356 e. The second-order valence-electron chi connectivity index (χ2n) is 7.04. The van der Waals surface area contributed by atoms with Crippen LogP contribution in [0.1, 0.15) is 51.2 Å². The molecule has 2 rings (SSSR count). The smallest absolute Gasteiger partial charge is 0.221 e. The quantitative estimate of drug-likeness (QED) is 0.873. The second kappa shape index (κ2) is 8.54. The number of hydrogen-bond acceptors (Lipinski definition) is 2. The van der Waals surface area contributed by atoms with Gasteiger partial charge in [-0.15, -0.1) is 12.4 Å². The first-order chi connectivity index (χ1) is 9.95. The molecular formula is C18H29ClN2O. The van der Waals surface area contributed by atoms with Crippen LogP contribution in [0.3, 0.4) is 0 Å². The number of carbonyl (C=O) groups excluding carboxylic acids is 1. The van der Waals surface area contributed by atoms with Crippen molar-refractivity contribution in [2.24, 2.45) is 0 Å². The maximum Gasteiger partial charge on any atom is 0.221 e. The number of hydrogen-bond donors (Lipinski definition) is 2. The topological polar surface area (TPSA) is 41.1 Å². The number of carbonyl (C=O) groups is 1. The Morgan fingerprint density at radius 2 is 1.95 bits per heavy atom. The number of halogens is 1. The predicted octanol–water partition coefficient (Wildman–Crippen LogP) is 3.21. The van der Waals surface area contributed by atoms with Gasteiger partial charge in [-0.05, 0) is 42.3 Å². The molecule has 0 aliphatic carbocycles. The number of benzene rings is 1. The first kappa shape index (κ1) is 19.0. The Labute approximate surface area is 140 Å². The van der Waals surface area contributed by atoms with E-state index in [1.54, 1.807) is 0 Å². The molecule has 1 aliphatic heterocycles. The lowest BCUT2D eigenvalue weighted by atomic mass is 9.86. The number of amides is 1. The minimum absolute atomic E-state index is 0. The van der Waals surface area contributed by atoms with Crippen molar-refractivity contribution in [1.29, 1.82) is 0 Å². The Morgan fingerprint density at radius 1 is 1.27 bits per heavy atom. The van der Waals surface area contributed by atoms with Gasteiger partial charge in [0, 0.05) is 19.0 Å². The van der Waals surface area contributed by atoms with Gasteiger partial charge in [0.05, 0.1) is 0 Å². The van der Waals surface area contributed by atoms with E-state index >= 15 is 0 Å². The van der Waals surface area contributed by atoms with E-state index in [0.29, 0.717) is 12.5 Å². The third-order valence-corrected chi connectivity index (χ3v) is 4.15. The summed E-state index contributed by atoms with van der Waals surface area (Å²) in [5.41, 5.74) is 2.82. The summed E-state index contributed by atoms with van der Waals surface area (Å²) in [6.45, 7) is 8.44. The molecular weight excluding hydrogens is 296 g/mol. The molecule has 0 aromatic heterocycles. The third-order valence-electron chi connectivity index (χ3n) is 4.15. The van der Waals surface area contributed by atoms with E-state index in [-0.39, 0.29) is 23.7 Å². The summed E-state index contributed by atoms with van der Waals surface area (Å²) in [5, 5.41) is 6.38.